The average Bonchev–Trinajstić information content (AvgIpc) is 1.58. The monoisotopic (exact) mass is 190 g/mol. The van der Waals surface area contributed by atoms with Gasteiger partial charge in [0.25, 0.3) is 0 Å². The summed E-state index contributed by atoms with van der Waals surface area (Å²) in [6.45, 7) is 0. The lowest BCUT2D eigenvalue weighted by molar-refractivity contribution is -0.923. The fourth-order valence-electron chi connectivity index (χ4n) is 0.112. The molecule has 8 nitrogen and oxygen atoms in total. The van der Waals surface area contributed by atoms with E-state index < -0.39 is 27.8 Å². The van der Waals surface area contributed by atoms with Crippen LogP contribution in [0.25, 0.3) is 0 Å². The Morgan fingerprint density at radius 3 is 1.60 bits per heavy atom. The largest absolute Gasteiger partial charge is 0.734 e. The highest BCUT2D eigenvalue weighted by atomic mass is 32.2. The van der Waals surface area contributed by atoms with Gasteiger partial charge in [-0.3, -0.25) is 0 Å². The first-order chi connectivity index (χ1) is 4.52. The molecule has 0 saturated heterocycles. The van der Waals surface area contributed by atoms with E-state index in [1.165, 1.54) is 0 Å². The SMILES string of the molecule is O=[N+](OS(=O)[O-])OS(=O)[O-]. The number of hydrogen-bond acceptors (Lipinski definition) is 7. The zero-order valence-corrected chi connectivity index (χ0v) is 5.75. The predicted molar refractivity (Wildman–Crippen MR) is 23.6 cm³/mol. The maximum absolute atomic E-state index is 9.75. The molecule has 0 aliphatic carbocycles. The second-order valence-electron chi connectivity index (χ2n) is 0.781. The van der Waals surface area contributed by atoms with Crippen LogP contribution < -0.4 is 0 Å². The topological polar surface area (TPSA) is 119 Å². The first kappa shape index (κ1) is 9.42. The van der Waals surface area contributed by atoms with E-state index in [-0.39, 0.29) is 0 Å². The summed E-state index contributed by atoms with van der Waals surface area (Å²) in [7, 11) is 0. The Morgan fingerprint density at radius 1 is 1.10 bits per heavy atom. The molecule has 0 aromatic carbocycles. The van der Waals surface area contributed by atoms with Crippen molar-refractivity contribution in [3.05, 3.63) is 4.91 Å². The van der Waals surface area contributed by atoms with Crippen LogP contribution in [0.5, 0.6) is 0 Å². The van der Waals surface area contributed by atoms with Crippen LogP contribution in [0, 0.1) is 4.91 Å². The molecule has 0 aromatic rings. The van der Waals surface area contributed by atoms with Crippen LogP contribution in [0.15, 0.2) is 0 Å². The Hall–Kier alpha value is -0.580. The average molecular weight is 190 g/mol. The molecule has 0 heterocycles. The van der Waals surface area contributed by atoms with Crippen LogP contribution in [0.2, 0.25) is 0 Å². The summed E-state index contributed by atoms with van der Waals surface area (Å²) in [5.41, 5.74) is 0. The van der Waals surface area contributed by atoms with Crippen molar-refractivity contribution in [2.75, 3.05) is 0 Å². The highest BCUT2D eigenvalue weighted by molar-refractivity contribution is 7.74. The van der Waals surface area contributed by atoms with Gasteiger partial charge in [0.15, 0.2) is 0 Å². The van der Waals surface area contributed by atoms with Gasteiger partial charge in [-0.1, -0.05) is 8.57 Å². The van der Waals surface area contributed by atoms with Crippen molar-refractivity contribution >= 4 is 22.7 Å². The van der Waals surface area contributed by atoms with Crippen molar-refractivity contribution in [1.29, 1.82) is 0 Å². The van der Waals surface area contributed by atoms with Crippen LogP contribution in [0.3, 0.4) is 0 Å². The molecule has 0 fully saturated rings. The molecule has 0 spiro atoms. The molecule has 0 aliphatic heterocycles. The maximum Gasteiger partial charge on any atom is 0.506 e. The molecule has 0 aromatic heterocycles. The van der Waals surface area contributed by atoms with Gasteiger partial charge in [-0.25, -0.2) is 8.42 Å². The molecule has 0 rings (SSSR count). The van der Waals surface area contributed by atoms with Gasteiger partial charge < -0.3 is 9.11 Å². The van der Waals surface area contributed by atoms with E-state index >= 15 is 0 Å². The summed E-state index contributed by atoms with van der Waals surface area (Å²) in [5, 5.41) is -1.08. The van der Waals surface area contributed by atoms with E-state index in [1.54, 1.807) is 0 Å². The standard InChI is InChI=1S/HNO7S2/c2-1(7-9(3)4)8-10(5)6/h(H-,3,4,5,6)/p-1. The Kier molecular flexibility index (Phi) is 4.02. The molecular formula is NO7S2-. The van der Waals surface area contributed by atoms with Gasteiger partial charge in [-0.2, -0.15) is 0 Å². The second kappa shape index (κ2) is 4.27. The smallest absolute Gasteiger partial charge is 0.506 e. The highest BCUT2D eigenvalue weighted by Crippen LogP contribution is 1.85. The Labute approximate surface area is 59.6 Å². The fourth-order valence-corrected chi connectivity index (χ4v) is 0.410. The molecule has 10 heavy (non-hydrogen) atoms. The Bertz CT molecular complexity index is 154. The third-order valence-electron chi connectivity index (χ3n) is 0.243. The number of nitrogens with zero attached hydrogens (tertiary/aromatic N) is 1. The van der Waals surface area contributed by atoms with Crippen LogP contribution in [-0.4, -0.2) is 22.6 Å². The third-order valence-corrected chi connectivity index (χ3v) is 0.730. The van der Waals surface area contributed by atoms with Crippen molar-refractivity contribution in [3.63, 3.8) is 0 Å². The predicted octanol–water partition coefficient (Wildman–Crippen LogP) is -1.78. The van der Waals surface area contributed by atoms with E-state index in [9.17, 15) is 22.4 Å². The van der Waals surface area contributed by atoms with Crippen molar-refractivity contribution in [2.24, 2.45) is 0 Å². The highest BCUT2D eigenvalue weighted by Gasteiger charge is 2.13. The van der Waals surface area contributed by atoms with Crippen molar-refractivity contribution in [2.45, 2.75) is 0 Å². The first-order valence-electron chi connectivity index (χ1n) is 1.55. The first-order valence-corrected chi connectivity index (χ1v) is 3.55. The summed E-state index contributed by atoms with van der Waals surface area (Å²) < 4.78 is 44.1. The molecule has 0 radical (unpaired) electrons. The van der Waals surface area contributed by atoms with E-state index in [4.69, 9.17) is 0 Å². The molecule has 2 atom stereocenters. The summed E-state index contributed by atoms with van der Waals surface area (Å²) in [5.74, 6) is 0. The quantitative estimate of drug-likeness (QED) is 0.379. The molecule has 0 amide bonds. The van der Waals surface area contributed by atoms with Crippen LogP contribution in [0.1, 0.15) is 0 Å². The molecule has 60 valence electrons. The van der Waals surface area contributed by atoms with Gasteiger partial charge in [0.2, 0.25) is 22.7 Å². The summed E-state index contributed by atoms with van der Waals surface area (Å²) in [6.07, 6.45) is 0. The summed E-state index contributed by atoms with van der Waals surface area (Å²) >= 11 is -6.29. The normalized spacial score (nSPS) is 15.4. The zero-order chi connectivity index (χ0) is 8.15. The molecule has 10 heteroatoms. The summed E-state index contributed by atoms with van der Waals surface area (Å²) in [6, 6.07) is 0. The molecule has 0 bridgehead atoms. The third kappa shape index (κ3) is 5.55. The van der Waals surface area contributed by atoms with Gasteiger partial charge in [0, 0.05) is 0 Å². The van der Waals surface area contributed by atoms with Crippen molar-refractivity contribution in [3.8, 4) is 0 Å². The molecule has 0 saturated carbocycles. The zero-order valence-electron chi connectivity index (χ0n) is 4.12. The van der Waals surface area contributed by atoms with Crippen LogP contribution >= 0.6 is 0 Å². The van der Waals surface area contributed by atoms with Gasteiger partial charge in [-0.15, -0.1) is 0 Å². The van der Waals surface area contributed by atoms with Crippen molar-refractivity contribution in [1.82, 2.24) is 0 Å². The Morgan fingerprint density at radius 2 is 1.40 bits per heavy atom. The Balaban J connectivity index is 3.65. The minimum absolute atomic E-state index is 1.08. The maximum atomic E-state index is 9.75. The lowest BCUT2D eigenvalue weighted by Gasteiger charge is -1.94. The van der Waals surface area contributed by atoms with E-state index in [0.717, 1.165) is 0 Å². The van der Waals surface area contributed by atoms with Gasteiger partial charge in [0.05, 0.1) is 0 Å². The molecule has 0 N–H and O–H groups in total. The van der Waals surface area contributed by atoms with Gasteiger partial charge >= 0.3 is 5.09 Å². The van der Waals surface area contributed by atoms with Gasteiger partial charge in [-0.05, 0) is 0 Å². The van der Waals surface area contributed by atoms with Gasteiger partial charge in [0.1, 0.15) is 4.91 Å². The molecule has 0 aliphatic rings. The number of rotatable bonds is 4. The second-order valence-corrected chi connectivity index (χ2v) is 1.90. The van der Waals surface area contributed by atoms with Crippen LogP contribution in [0.4, 0.5) is 0 Å². The van der Waals surface area contributed by atoms with E-state index in [0.29, 0.717) is 0 Å². The van der Waals surface area contributed by atoms with E-state index in [2.05, 4.69) is 8.57 Å². The van der Waals surface area contributed by atoms with Crippen LogP contribution in [-0.2, 0) is 31.3 Å². The minimum Gasteiger partial charge on any atom is -0.734 e. The fraction of sp³-hybridized carbons (Fsp3) is 0. The summed E-state index contributed by atoms with van der Waals surface area (Å²) in [4.78, 5) is 9.75. The number of hydrogen-bond donors (Lipinski definition) is 0. The lowest BCUT2D eigenvalue weighted by Crippen LogP contribution is -2.13. The van der Waals surface area contributed by atoms with E-state index in [1.807, 2.05) is 0 Å². The minimum atomic E-state index is -3.15. The molecular weight excluding hydrogens is 190 g/mol. The van der Waals surface area contributed by atoms with Crippen molar-refractivity contribution < 1.29 is 31.2 Å². The lowest BCUT2D eigenvalue weighted by atomic mass is 13.1. The molecule has 2 unspecified atom stereocenters.